The molecule has 0 N–H and O–H groups in total. The van der Waals surface area contributed by atoms with Gasteiger partial charge in [-0.25, -0.2) is 4.98 Å². The second-order valence-corrected chi connectivity index (χ2v) is 9.34. The molecular formula is C27H28N6O. The van der Waals surface area contributed by atoms with Crippen LogP contribution in [0.5, 0.6) is 0 Å². The normalized spacial score (nSPS) is 18.5. The lowest BCUT2D eigenvalue weighted by Gasteiger charge is -2.33. The number of benzene rings is 1. The van der Waals surface area contributed by atoms with E-state index < -0.39 is 0 Å². The van der Waals surface area contributed by atoms with E-state index in [-0.39, 0.29) is 11.8 Å². The highest BCUT2D eigenvalue weighted by Crippen LogP contribution is 2.31. The smallest absolute Gasteiger partial charge is 0.254 e. The van der Waals surface area contributed by atoms with Crippen molar-refractivity contribution in [3.8, 4) is 11.3 Å². The molecule has 1 fully saturated rings. The molecule has 2 aliphatic heterocycles. The van der Waals surface area contributed by atoms with Gasteiger partial charge in [0.2, 0.25) is 0 Å². The summed E-state index contributed by atoms with van der Waals surface area (Å²) in [4.78, 5) is 24.8. The van der Waals surface area contributed by atoms with Crippen molar-refractivity contribution in [1.29, 1.82) is 0 Å². The van der Waals surface area contributed by atoms with E-state index in [2.05, 4.69) is 19.7 Å². The first-order valence-corrected chi connectivity index (χ1v) is 12.3. The van der Waals surface area contributed by atoms with Crippen molar-refractivity contribution in [2.45, 2.75) is 51.0 Å². The summed E-state index contributed by atoms with van der Waals surface area (Å²) in [6.07, 6.45) is 10.1. The van der Waals surface area contributed by atoms with E-state index in [1.807, 2.05) is 47.4 Å². The molecule has 0 radical (unpaired) electrons. The van der Waals surface area contributed by atoms with E-state index >= 15 is 0 Å². The van der Waals surface area contributed by atoms with Crippen molar-refractivity contribution in [3.05, 3.63) is 72.1 Å². The lowest BCUT2D eigenvalue weighted by atomic mass is 9.95. The number of nitrogens with zero attached hydrogens (tertiary/aromatic N) is 6. The topological polar surface area (TPSA) is 76.8 Å². The largest absolute Gasteiger partial charge is 0.338 e. The minimum atomic E-state index is 0.0641. The van der Waals surface area contributed by atoms with Crippen LogP contribution in [0, 0.1) is 0 Å². The van der Waals surface area contributed by atoms with Crippen LogP contribution in [0.25, 0.3) is 22.2 Å². The van der Waals surface area contributed by atoms with E-state index in [0.717, 1.165) is 66.2 Å². The summed E-state index contributed by atoms with van der Waals surface area (Å²) in [5.74, 6) is 2.46. The SMILES string of the molecule is O=C(c1cc(-c2ccncc2)nc2ccccc12)N1CCCC(c2nnc3n2CCCCC3)C1. The van der Waals surface area contributed by atoms with E-state index in [4.69, 9.17) is 4.98 Å². The Bertz CT molecular complexity index is 1330. The van der Waals surface area contributed by atoms with Gasteiger partial charge in [-0.3, -0.25) is 9.78 Å². The van der Waals surface area contributed by atoms with Crippen LogP contribution in [0.1, 0.15) is 60.0 Å². The van der Waals surface area contributed by atoms with Gasteiger partial charge in [-0.2, -0.15) is 0 Å². The lowest BCUT2D eigenvalue weighted by molar-refractivity contribution is 0.0705. The van der Waals surface area contributed by atoms with Gasteiger partial charge in [-0.05, 0) is 49.9 Å². The van der Waals surface area contributed by atoms with Crippen LogP contribution in [0.4, 0.5) is 0 Å². The Morgan fingerprint density at radius 2 is 1.82 bits per heavy atom. The average molecular weight is 453 g/mol. The van der Waals surface area contributed by atoms with Crippen LogP contribution in [-0.2, 0) is 13.0 Å². The van der Waals surface area contributed by atoms with Crippen molar-refractivity contribution in [1.82, 2.24) is 29.6 Å². The third kappa shape index (κ3) is 3.85. The first-order valence-electron chi connectivity index (χ1n) is 12.3. The van der Waals surface area contributed by atoms with Gasteiger partial charge in [-0.1, -0.05) is 24.6 Å². The maximum atomic E-state index is 13.9. The van der Waals surface area contributed by atoms with E-state index in [9.17, 15) is 4.79 Å². The lowest BCUT2D eigenvalue weighted by Crippen LogP contribution is -2.40. The van der Waals surface area contributed by atoms with Crippen LogP contribution in [0.2, 0.25) is 0 Å². The predicted octanol–water partition coefficient (Wildman–Crippen LogP) is 4.63. The number of hydrogen-bond acceptors (Lipinski definition) is 5. The molecule has 5 heterocycles. The second kappa shape index (κ2) is 8.97. The fourth-order valence-electron chi connectivity index (χ4n) is 5.38. The van der Waals surface area contributed by atoms with Crippen LogP contribution < -0.4 is 0 Å². The maximum Gasteiger partial charge on any atom is 0.254 e. The zero-order chi connectivity index (χ0) is 22.9. The Hall–Kier alpha value is -3.61. The van der Waals surface area contributed by atoms with Crippen LogP contribution in [0.15, 0.2) is 54.9 Å². The number of pyridine rings is 2. The fourth-order valence-corrected chi connectivity index (χ4v) is 5.38. The number of carbonyl (C=O) groups is 1. The first kappa shape index (κ1) is 21.0. The molecule has 1 unspecified atom stereocenters. The quantitative estimate of drug-likeness (QED) is 0.453. The minimum absolute atomic E-state index is 0.0641. The third-order valence-electron chi connectivity index (χ3n) is 7.13. The summed E-state index contributed by atoms with van der Waals surface area (Å²) in [6.45, 7) is 2.43. The van der Waals surface area contributed by atoms with Crippen molar-refractivity contribution in [2.24, 2.45) is 0 Å². The number of rotatable bonds is 3. The summed E-state index contributed by atoms with van der Waals surface area (Å²) in [6, 6.07) is 13.7. The number of hydrogen-bond donors (Lipinski definition) is 0. The predicted molar refractivity (Wildman–Crippen MR) is 130 cm³/mol. The number of fused-ring (bicyclic) bond motifs is 2. The van der Waals surface area contributed by atoms with Gasteiger partial charge in [0.1, 0.15) is 11.6 Å². The van der Waals surface area contributed by atoms with Gasteiger partial charge in [0, 0.05) is 55.3 Å². The number of amides is 1. The first-order chi connectivity index (χ1) is 16.8. The monoisotopic (exact) mass is 452 g/mol. The van der Waals surface area contributed by atoms with Crippen molar-refractivity contribution in [3.63, 3.8) is 0 Å². The molecule has 4 aromatic rings. The molecule has 0 bridgehead atoms. The molecule has 1 saturated heterocycles. The molecule has 7 nitrogen and oxygen atoms in total. The van der Waals surface area contributed by atoms with Gasteiger partial charge >= 0.3 is 0 Å². The molecule has 1 atom stereocenters. The fraction of sp³-hybridized carbons (Fsp3) is 0.370. The van der Waals surface area contributed by atoms with Gasteiger partial charge in [-0.15, -0.1) is 10.2 Å². The number of aromatic nitrogens is 5. The van der Waals surface area contributed by atoms with E-state index in [1.165, 1.54) is 19.3 Å². The number of piperidine rings is 1. The Morgan fingerprint density at radius 1 is 0.941 bits per heavy atom. The van der Waals surface area contributed by atoms with Gasteiger partial charge < -0.3 is 9.47 Å². The van der Waals surface area contributed by atoms with Crippen molar-refractivity contribution in [2.75, 3.05) is 13.1 Å². The summed E-state index contributed by atoms with van der Waals surface area (Å²) >= 11 is 0. The maximum absolute atomic E-state index is 13.9. The zero-order valence-corrected chi connectivity index (χ0v) is 19.2. The molecule has 1 aromatic carbocycles. The van der Waals surface area contributed by atoms with Crippen molar-refractivity contribution < 1.29 is 4.79 Å². The molecule has 34 heavy (non-hydrogen) atoms. The van der Waals surface area contributed by atoms with Gasteiger partial charge in [0.15, 0.2) is 0 Å². The Labute approximate surface area is 198 Å². The average Bonchev–Trinajstić information content (AvgIpc) is 3.16. The van der Waals surface area contributed by atoms with E-state index in [1.54, 1.807) is 12.4 Å². The molecule has 172 valence electrons. The highest BCUT2D eigenvalue weighted by atomic mass is 16.2. The molecule has 1 amide bonds. The Balaban J connectivity index is 1.34. The summed E-state index contributed by atoms with van der Waals surface area (Å²) in [7, 11) is 0. The minimum Gasteiger partial charge on any atom is -0.338 e. The second-order valence-electron chi connectivity index (χ2n) is 9.34. The molecule has 0 saturated carbocycles. The standard InChI is InChI=1S/C27H28N6O/c34-27(22-17-24(19-11-13-28-14-12-19)29-23-9-4-3-8-21(22)23)32-15-6-7-20(18-32)26-31-30-25-10-2-1-5-16-33(25)26/h3-4,8-9,11-14,17,20H,1-2,5-7,10,15-16,18H2. The summed E-state index contributed by atoms with van der Waals surface area (Å²) in [5, 5.41) is 9.99. The Kier molecular flexibility index (Phi) is 5.53. The van der Waals surface area contributed by atoms with Crippen LogP contribution in [0.3, 0.4) is 0 Å². The molecule has 7 heteroatoms. The van der Waals surface area contributed by atoms with Gasteiger partial charge in [0.05, 0.1) is 16.8 Å². The Morgan fingerprint density at radius 3 is 2.74 bits per heavy atom. The van der Waals surface area contributed by atoms with Crippen LogP contribution in [-0.4, -0.2) is 48.6 Å². The number of carbonyl (C=O) groups excluding carboxylic acids is 1. The molecular weight excluding hydrogens is 424 g/mol. The highest BCUT2D eigenvalue weighted by Gasteiger charge is 2.30. The van der Waals surface area contributed by atoms with Crippen molar-refractivity contribution >= 4 is 16.8 Å². The molecule has 3 aromatic heterocycles. The summed E-state index contributed by atoms with van der Waals surface area (Å²) in [5.41, 5.74) is 3.29. The molecule has 6 rings (SSSR count). The van der Waals surface area contributed by atoms with Crippen LogP contribution >= 0.6 is 0 Å². The van der Waals surface area contributed by atoms with Gasteiger partial charge in [0.25, 0.3) is 5.91 Å². The zero-order valence-electron chi connectivity index (χ0n) is 19.2. The summed E-state index contributed by atoms with van der Waals surface area (Å²) < 4.78 is 2.33. The molecule has 0 aliphatic carbocycles. The highest BCUT2D eigenvalue weighted by molar-refractivity contribution is 6.07. The van der Waals surface area contributed by atoms with E-state index in [0.29, 0.717) is 12.1 Å². The number of para-hydroxylation sites is 1. The number of aryl methyl sites for hydroxylation is 1. The number of likely N-dealkylation sites (tertiary alicyclic amines) is 1. The molecule has 0 spiro atoms. The third-order valence-corrected chi connectivity index (χ3v) is 7.13. The molecule has 2 aliphatic rings.